The maximum absolute atomic E-state index is 13.5. The van der Waals surface area contributed by atoms with Gasteiger partial charge in [-0.05, 0) is 42.0 Å². The maximum atomic E-state index is 13.5. The van der Waals surface area contributed by atoms with Crippen LogP contribution >= 0.6 is 27.7 Å². The van der Waals surface area contributed by atoms with Crippen LogP contribution in [-0.4, -0.2) is 11.1 Å². The highest BCUT2D eigenvalue weighted by molar-refractivity contribution is 9.10. The van der Waals surface area contributed by atoms with Gasteiger partial charge >= 0.3 is 5.97 Å². The van der Waals surface area contributed by atoms with Gasteiger partial charge in [0, 0.05) is 15.1 Å². The minimum atomic E-state index is -1.25. The van der Waals surface area contributed by atoms with Gasteiger partial charge in [0.05, 0.1) is 5.56 Å². The Bertz CT molecular complexity index is 599. The first-order valence-corrected chi connectivity index (χ1v) is 7.24. The van der Waals surface area contributed by atoms with Crippen molar-refractivity contribution in [2.75, 3.05) is 0 Å². The number of benzene rings is 2. The summed E-state index contributed by atoms with van der Waals surface area (Å²) in [6.07, 6.45) is 0. The molecule has 0 saturated carbocycles. The third-order valence-electron chi connectivity index (χ3n) is 2.48. The van der Waals surface area contributed by atoms with Crippen molar-refractivity contribution in [3.8, 4) is 0 Å². The summed E-state index contributed by atoms with van der Waals surface area (Å²) in [5.41, 5.74) is 0.466. The van der Waals surface area contributed by atoms with Crippen molar-refractivity contribution in [2.45, 2.75) is 10.6 Å². The first-order valence-electron chi connectivity index (χ1n) is 5.46. The molecule has 2 aromatic rings. The molecular weight excluding hydrogens is 331 g/mol. The van der Waals surface area contributed by atoms with E-state index in [2.05, 4.69) is 15.9 Å². The number of carboxylic acid groups (broad SMARTS) is 1. The Morgan fingerprint density at radius 3 is 2.47 bits per heavy atom. The fraction of sp³-hybridized carbons (Fsp3) is 0.0714. The summed E-state index contributed by atoms with van der Waals surface area (Å²) in [4.78, 5) is 11.8. The van der Waals surface area contributed by atoms with Gasteiger partial charge in [0.15, 0.2) is 0 Å². The molecule has 2 nitrogen and oxygen atoms in total. The highest BCUT2D eigenvalue weighted by Gasteiger charge is 2.10. The topological polar surface area (TPSA) is 37.3 Å². The minimum absolute atomic E-state index is 0.294. The zero-order chi connectivity index (χ0) is 13.8. The Morgan fingerprint density at radius 1 is 1.21 bits per heavy atom. The lowest BCUT2D eigenvalue weighted by molar-refractivity contribution is 0.0692. The van der Waals surface area contributed by atoms with Crippen molar-refractivity contribution in [2.24, 2.45) is 0 Å². The predicted molar refractivity (Wildman–Crippen MR) is 77.1 cm³/mol. The summed E-state index contributed by atoms with van der Waals surface area (Å²) in [5.74, 6) is -1.34. The number of aromatic carboxylic acids is 1. The predicted octanol–water partition coefficient (Wildman–Crippen LogP) is 4.58. The van der Waals surface area contributed by atoms with E-state index in [9.17, 15) is 9.18 Å². The Morgan fingerprint density at radius 2 is 1.89 bits per heavy atom. The lowest BCUT2D eigenvalue weighted by Crippen LogP contribution is -2.00. The van der Waals surface area contributed by atoms with E-state index in [1.54, 1.807) is 17.8 Å². The van der Waals surface area contributed by atoms with Crippen LogP contribution in [0.2, 0.25) is 0 Å². The fourth-order valence-corrected chi connectivity index (χ4v) is 2.63. The van der Waals surface area contributed by atoms with Gasteiger partial charge in [0.1, 0.15) is 5.82 Å². The minimum Gasteiger partial charge on any atom is -0.478 e. The van der Waals surface area contributed by atoms with Crippen molar-refractivity contribution in [3.05, 3.63) is 63.9 Å². The van der Waals surface area contributed by atoms with Gasteiger partial charge in [-0.25, -0.2) is 9.18 Å². The lowest BCUT2D eigenvalue weighted by Gasteiger charge is -2.04. The van der Waals surface area contributed by atoms with Crippen LogP contribution in [0.15, 0.2) is 51.8 Å². The van der Waals surface area contributed by atoms with Gasteiger partial charge in [-0.15, -0.1) is 11.8 Å². The second kappa shape index (κ2) is 6.21. The number of carboxylic acids is 1. The molecule has 1 N–H and O–H groups in total. The monoisotopic (exact) mass is 340 g/mol. The van der Waals surface area contributed by atoms with Crippen LogP contribution in [0.4, 0.5) is 4.39 Å². The molecule has 0 aliphatic carbocycles. The summed E-state index contributed by atoms with van der Waals surface area (Å²) < 4.78 is 14.5. The number of carbonyl (C=O) groups is 1. The van der Waals surface area contributed by atoms with Crippen molar-refractivity contribution >= 4 is 33.7 Å². The van der Waals surface area contributed by atoms with E-state index in [-0.39, 0.29) is 5.56 Å². The summed E-state index contributed by atoms with van der Waals surface area (Å²) in [6.45, 7) is 0. The van der Waals surface area contributed by atoms with Crippen LogP contribution in [0, 0.1) is 5.82 Å². The molecule has 0 aliphatic heterocycles. The number of halogens is 2. The summed E-state index contributed by atoms with van der Waals surface area (Å²) in [7, 11) is 0. The van der Waals surface area contributed by atoms with Crippen LogP contribution in [-0.2, 0) is 5.75 Å². The van der Waals surface area contributed by atoms with Gasteiger partial charge in [0.25, 0.3) is 0 Å². The van der Waals surface area contributed by atoms with Crippen LogP contribution in [0.25, 0.3) is 0 Å². The van der Waals surface area contributed by atoms with Crippen LogP contribution in [0.1, 0.15) is 15.9 Å². The molecule has 0 heterocycles. The maximum Gasteiger partial charge on any atom is 0.338 e. The van der Waals surface area contributed by atoms with E-state index < -0.39 is 11.8 Å². The van der Waals surface area contributed by atoms with Gasteiger partial charge in [-0.1, -0.05) is 22.0 Å². The zero-order valence-corrected chi connectivity index (χ0v) is 12.2. The molecule has 0 radical (unpaired) electrons. The van der Waals surface area contributed by atoms with Gasteiger partial charge in [-0.3, -0.25) is 0 Å². The largest absolute Gasteiger partial charge is 0.478 e. The quantitative estimate of drug-likeness (QED) is 0.827. The standard InChI is InChI=1S/C14H10BrFO2S/c15-10-2-4-11(5-3-10)19-8-9-1-6-12(14(17)18)13(16)7-9/h1-7H,8H2,(H,17,18). The van der Waals surface area contributed by atoms with Crippen LogP contribution in [0.5, 0.6) is 0 Å². The molecule has 0 fully saturated rings. The fourth-order valence-electron chi connectivity index (χ4n) is 1.52. The van der Waals surface area contributed by atoms with E-state index in [1.807, 2.05) is 24.3 Å². The molecule has 5 heteroatoms. The zero-order valence-electron chi connectivity index (χ0n) is 9.77. The molecular formula is C14H10BrFO2S. The molecule has 2 rings (SSSR count). The van der Waals surface area contributed by atoms with Gasteiger partial charge < -0.3 is 5.11 Å². The Balaban J connectivity index is 2.06. The lowest BCUT2D eigenvalue weighted by atomic mass is 10.1. The van der Waals surface area contributed by atoms with E-state index in [1.165, 1.54) is 12.1 Å². The first kappa shape index (κ1) is 14.1. The third kappa shape index (κ3) is 3.81. The molecule has 0 aliphatic rings. The molecule has 19 heavy (non-hydrogen) atoms. The molecule has 2 aromatic carbocycles. The van der Waals surface area contributed by atoms with Gasteiger partial charge in [0.2, 0.25) is 0 Å². The number of rotatable bonds is 4. The van der Waals surface area contributed by atoms with E-state index in [0.29, 0.717) is 5.75 Å². The first-order chi connectivity index (χ1) is 9.06. The second-order valence-electron chi connectivity index (χ2n) is 3.86. The third-order valence-corrected chi connectivity index (χ3v) is 4.09. The Hall–Kier alpha value is -1.33. The number of hydrogen-bond donors (Lipinski definition) is 1. The summed E-state index contributed by atoms with van der Waals surface area (Å²) >= 11 is 4.93. The average Bonchev–Trinajstić information content (AvgIpc) is 2.37. The van der Waals surface area contributed by atoms with Crippen LogP contribution < -0.4 is 0 Å². The smallest absolute Gasteiger partial charge is 0.338 e. The van der Waals surface area contributed by atoms with E-state index in [4.69, 9.17) is 5.11 Å². The van der Waals surface area contributed by atoms with E-state index in [0.717, 1.165) is 14.9 Å². The van der Waals surface area contributed by atoms with Crippen LogP contribution in [0.3, 0.4) is 0 Å². The molecule has 0 amide bonds. The van der Waals surface area contributed by atoms with Crippen molar-refractivity contribution in [1.82, 2.24) is 0 Å². The van der Waals surface area contributed by atoms with Gasteiger partial charge in [-0.2, -0.15) is 0 Å². The Labute approximate surface area is 122 Å². The van der Waals surface area contributed by atoms with Crippen molar-refractivity contribution in [3.63, 3.8) is 0 Å². The molecule has 98 valence electrons. The molecule has 0 saturated heterocycles. The average molecular weight is 341 g/mol. The molecule has 0 unspecified atom stereocenters. The summed E-state index contributed by atoms with van der Waals surface area (Å²) in [5, 5.41) is 8.74. The second-order valence-corrected chi connectivity index (χ2v) is 5.83. The molecule has 0 bridgehead atoms. The Kier molecular flexibility index (Phi) is 4.61. The molecule has 0 aromatic heterocycles. The number of hydrogen-bond acceptors (Lipinski definition) is 2. The molecule has 0 spiro atoms. The van der Waals surface area contributed by atoms with Crippen molar-refractivity contribution in [1.29, 1.82) is 0 Å². The highest BCUT2D eigenvalue weighted by Crippen LogP contribution is 2.25. The SMILES string of the molecule is O=C(O)c1ccc(CSc2ccc(Br)cc2)cc1F. The normalized spacial score (nSPS) is 10.4. The highest BCUT2D eigenvalue weighted by atomic mass is 79.9. The van der Waals surface area contributed by atoms with Crippen molar-refractivity contribution < 1.29 is 14.3 Å². The van der Waals surface area contributed by atoms with E-state index >= 15 is 0 Å². The molecule has 0 atom stereocenters. The number of thioether (sulfide) groups is 1. The summed E-state index contributed by atoms with van der Waals surface area (Å²) in [6, 6.07) is 12.0.